The van der Waals surface area contributed by atoms with Crippen LogP contribution in [0, 0.1) is 11.8 Å². The number of rotatable bonds is 2. The number of nitrogens with zero attached hydrogens (tertiary/aromatic N) is 1. The van der Waals surface area contributed by atoms with Gasteiger partial charge < -0.3 is 10.0 Å². The molecule has 1 heterocycles. The zero-order valence-electron chi connectivity index (χ0n) is 8.58. The van der Waals surface area contributed by atoms with Crippen LogP contribution < -0.4 is 0 Å². The predicted octanol–water partition coefficient (Wildman–Crippen LogP) is 1.49. The summed E-state index contributed by atoms with van der Waals surface area (Å²) in [4.78, 5) is 2.60. The predicted molar refractivity (Wildman–Crippen MR) is 53.6 cm³/mol. The summed E-state index contributed by atoms with van der Waals surface area (Å²) in [5.74, 6) is 1.52. The molecule has 13 heavy (non-hydrogen) atoms. The molecule has 0 spiro atoms. The van der Waals surface area contributed by atoms with Crippen molar-refractivity contribution in [3.8, 4) is 0 Å². The molecule has 1 N–H and O–H groups in total. The van der Waals surface area contributed by atoms with E-state index < -0.39 is 0 Å². The molecule has 0 amide bonds. The topological polar surface area (TPSA) is 23.5 Å². The van der Waals surface area contributed by atoms with E-state index in [9.17, 15) is 0 Å². The fourth-order valence-electron chi connectivity index (χ4n) is 2.49. The summed E-state index contributed by atoms with van der Waals surface area (Å²) in [7, 11) is 0. The lowest BCUT2D eigenvalue weighted by atomic mass is 10.0. The van der Waals surface area contributed by atoms with Crippen LogP contribution in [-0.4, -0.2) is 35.7 Å². The third-order valence-electron chi connectivity index (χ3n) is 3.64. The quantitative estimate of drug-likeness (QED) is 0.701. The van der Waals surface area contributed by atoms with Gasteiger partial charge in [-0.1, -0.05) is 6.92 Å². The van der Waals surface area contributed by atoms with E-state index >= 15 is 0 Å². The normalized spacial score (nSPS) is 41.5. The Balaban J connectivity index is 1.80. The van der Waals surface area contributed by atoms with Crippen LogP contribution >= 0.6 is 0 Å². The molecule has 76 valence electrons. The lowest BCUT2D eigenvalue weighted by molar-refractivity contribution is 0.219. The zero-order valence-corrected chi connectivity index (χ0v) is 8.58. The Morgan fingerprint density at radius 2 is 2.15 bits per heavy atom. The molecule has 0 aromatic carbocycles. The number of hydrogen-bond donors (Lipinski definition) is 1. The third-order valence-corrected chi connectivity index (χ3v) is 3.64. The molecular weight excluding hydrogens is 162 g/mol. The minimum Gasteiger partial charge on any atom is -0.396 e. The van der Waals surface area contributed by atoms with Gasteiger partial charge in [-0.2, -0.15) is 0 Å². The van der Waals surface area contributed by atoms with Crippen molar-refractivity contribution >= 4 is 0 Å². The highest BCUT2D eigenvalue weighted by Crippen LogP contribution is 2.36. The second kappa shape index (κ2) is 3.97. The lowest BCUT2D eigenvalue weighted by Crippen LogP contribution is -2.28. The van der Waals surface area contributed by atoms with Gasteiger partial charge in [0.1, 0.15) is 0 Å². The van der Waals surface area contributed by atoms with Crippen LogP contribution in [0.4, 0.5) is 0 Å². The van der Waals surface area contributed by atoms with E-state index in [2.05, 4.69) is 11.8 Å². The number of likely N-dealkylation sites (tertiary alicyclic amines) is 1. The van der Waals surface area contributed by atoms with Crippen molar-refractivity contribution in [1.82, 2.24) is 4.90 Å². The van der Waals surface area contributed by atoms with Crippen LogP contribution in [0.2, 0.25) is 0 Å². The summed E-state index contributed by atoms with van der Waals surface area (Å²) in [6.07, 6.45) is 5.35. The molecule has 1 aliphatic carbocycles. The largest absolute Gasteiger partial charge is 0.396 e. The van der Waals surface area contributed by atoms with Crippen LogP contribution in [-0.2, 0) is 0 Å². The molecule has 0 aromatic rings. The first-order valence-electron chi connectivity index (χ1n) is 5.66. The summed E-state index contributed by atoms with van der Waals surface area (Å²) < 4.78 is 0. The van der Waals surface area contributed by atoms with Crippen molar-refractivity contribution in [2.75, 3.05) is 19.7 Å². The van der Waals surface area contributed by atoms with Crippen molar-refractivity contribution in [1.29, 1.82) is 0 Å². The van der Waals surface area contributed by atoms with Crippen molar-refractivity contribution in [2.45, 2.75) is 38.6 Å². The van der Waals surface area contributed by atoms with Gasteiger partial charge in [-0.15, -0.1) is 0 Å². The maximum Gasteiger partial charge on any atom is 0.0474 e. The summed E-state index contributed by atoms with van der Waals surface area (Å²) in [6, 6.07) is 0.732. The second-order valence-electron chi connectivity index (χ2n) is 4.82. The average Bonchev–Trinajstić information content (AvgIpc) is 2.88. The summed E-state index contributed by atoms with van der Waals surface area (Å²) >= 11 is 0. The molecule has 0 bridgehead atoms. The molecule has 2 rings (SSSR count). The van der Waals surface area contributed by atoms with Crippen LogP contribution in [0.5, 0.6) is 0 Å². The SMILES string of the molecule is CC1CCCN(C2CC2CO)CC1. The smallest absolute Gasteiger partial charge is 0.0474 e. The van der Waals surface area contributed by atoms with Gasteiger partial charge in [0, 0.05) is 12.6 Å². The van der Waals surface area contributed by atoms with E-state index in [-0.39, 0.29) is 0 Å². The third kappa shape index (κ3) is 2.23. The maximum atomic E-state index is 9.00. The van der Waals surface area contributed by atoms with E-state index in [1.54, 1.807) is 0 Å². The average molecular weight is 183 g/mol. The van der Waals surface area contributed by atoms with Gasteiger partial charge >= 0.3 is 0 Å². The second-order valence-corrected chi connectivity index (χ2v) is 4.82. The first-order valence-corrected chi connectivity index (χ1v) is 5.66. The number of hydrogen-bond acceptors (Lipinski definition) is 2. The van der Waals surface area contributed by atoms with Crippen LogP contribution in [0.25, 0.3) is 0 Å². The molecule has 2 fully saturated rings. The van der Waals surface area contributed by atoms with Gasteiger partial charge in [0.25, 0.3) is 0 Å². The fraction of sp³-hybridized carbons (Fsp3) is 1.00. The van der Waals surface area contributed by atoms with E-state index in [0.29, 0.717) is 12.5 Å². The van der Waals surface area contributed by atoms with E-state index in [1.165, 1.54) is 38.8 Å². The molecule has 3 atom stereocenters. The molecule has 0 radical (unpaired) electrons. The molecule has 1 saturated carbocycles. The van der Waals surface area contributed by atoms with Gasteiger partial charge in [-0.3, -0.25) is 0 Å². The Morgan fingerprint density at radius 3 is 2.85 bits per heavy atom. The van der Waals surface area contributed by atoms with E-state index in [4.69, 9.17) is 5.11 Å². The van der Waals surface area contributed by atoms with Crippen LogP contribution in [0.1, 0.15) is 32.6 Å². The highest BCUT2D eigenvalue weighted by Gasteiger charge is 2.40. The number of aliphatic hydroxyl groups is 1. The number of aliphatic hydroxyl groups excluding tert-OH is 1. The summed E-state index contributed by atoms with van der Waals surface area (Å²) in [6.45, 7) is 5.30. The van der Waals surface area contributed by atoms with Gasteiger partial charge in [0.15, 0.2) is 0 Å². The Morgan fingerprint density at radius 1 is 1.31 bits per heavy atom. The Kier molecular flexibility index (Phi) is 2.89. The standard InChI is InChI=1S/C11H21NO/c1-9-3-2-5-12(6-4-9)11-7-10(11)8-13/h9-11,13H,2-8H2,1H3. The maximum absolute atomic E-state index is 9.00. The van der Waals surface area contributed by atoms with E-state index in [1.807, 2.05) is 0 Å². The Labute approximate surface area is 80.9 Å². The minimum absolute atomic E-state index is 0.400. The lowest BCUT2D eigenvalue weighted by Gasteiger charge is -2.19. The first kappa shape index (κ1) is 9.47. The van der Waals surface area contributed by atoms with Crippen molar-refractivity contribution < 1.29 is 5.11 Å². The van der Waals surface area contributed by atoms with Gasteiger partial charge in [-0.05, 0) is 50.6 Å². The molecule has 3 unspecified atom stereocenters. The molecule has 2 nitrogen and oxygen atoms in total. The van der Waals surface area contributed by atoms with E-state index in [0.717, 1.165) is 12.0 Å². The van der Waals surface area contributed by atoms with Gasteiger partial charge in [0.05, 0.1) is 0 Å². The molecular formula is C11H21NO. The molecule has 1 saturated heterocycles. The summed E-state index contributed by atoms with van der Waals surface area (Å²) in [5.41, 5.74) is 0. The molecule has 2 heteroatoms. The highest BCUT2D eigenvalue weighted by atomic mass is 16.3. The van der Waals surface area contributed by atoms with Crippen LogP contribution in [0.3, 0.4) is 0 Å². The minimum atomic E-state index is 0.400. The monoisotopic (exact) mass is 183 g/mol. The highest BCUT2D eigenvalue weighted by molar-refractivity contribution is 4.95. The fourth-order valence-corrected chi connectivity index (χ4v) is 2.49. The van der Waals surface area contributed by atoms with Crippen LogP contribution in [0.15, 0.2) is 0 Å². The Hall–Kier alpha value is -0.0800. The zero-order chi connectivity index (χ0) is 9.26. The molecule has 0 aromatic heterocycles. The molecule has 1 aliphatic heterocycles. The van der Waals surface area contributed by atoms with Gasteiger partial charge in [-0.25, -0.2) is 0 Å². The Bertz CT molecular complexity index is 171. The first-order chi connectivity index (χ1) is 6.31. The van der Waals surface area contributed by atoms with Crippen molar-refractivity contribution in [2.24, 2.45) is 11.8 Å². The van der Waals surface area contributed by atoms with Crippen molar-refractivity contribution in [3.05, 3.63) is 0 Å². The van der Waals surface area contributed by atoms with Crippen molar-refractivity contribution in [3.63, 3.8) is 0 Å². The summed E-state index contributed by atoms with van der Waals surface area (Å²) in [5, 5.41) is 9.00. The molecule has 2 aliphatic rings. The van der Waals surface area contributed by atoms with Gasteiger partial charge in [0.2, 0.25) is 0 Å².